The molecule has 2 nitrogen and oxygen atoms in total. The summed E-state index contributed by atoms with van der Waals surface area (Å²) in [6.45, 7) is 3.46. The van der Waals surface area contributed by atoms with Crippen LogP contribution in [0.4, 0.5) is 5.82 Å². The van der Waals surface area contributed by atoms with Gasteiger partial charge in [0.05, 0.1) is 0 Å². The maximum atomic E-state index is 4.28. The molecule has 0 amide bonds. The normalized spacial score (nSPS) is 26.2. The van der Waals surface area contributed by atoms with Crippen molar-refractivity contribution in [2.45, 2.75) is 32.6 Å². The van der Waals surface area contributed by atoms with Crippen LogP contribution in [0.2, 0.25) is 0 Å². The third-order valence-corrected chi connectivity index (χ3v) is 3.50. The van der Waals surface area contributed by atoms with Crippen LogP contribution in [0.15, 0.2) is 24.4 Å². The van der Waals surface area contributed by atoms with Gasteiger partial charge in [-0.05, 0) is 30.4 Å². The maximum absolute atomic E-state index is 4.28. The summed E-state index contributed by atoms with van der Waals surface area (Å²) < 4.78 is 0. The number of hydrogen-bond acceptors (Lipinski definition) is 2. The zero-order chi connectivity index (χ0) is 10.5. The zero-order valence-electron chi connectivity index (χ0n) is 9.45. The van der Waals surface area contributed by atoms with E-state index >= 15 is 0 Å². The Morgan fingerprint density at radius 1 is 1.33 bits per heavy atom. The van der Waals surface area contributed by atoms with Crippen molar-refractivity contribution in [2.75, 3.05) is 11.9 Å². The lowest BCUT2D eigenvalue weighted by Crippen LogP contribution is -2.24. The summed E-state index contributed by atoms with van der Waals surface area (Å²) in [5, 5.41) is 3.43. The summed E-state index contributed by atoms with van der Waals surface area (Å²) in [4.78, 5) is 4.28. The maximum Gasteiger partial charge on any atom is 0.125 e. The number of nitrogens with one attached hydrogen (secondary N) is 1. The highest BCUT2D eigenvalue weighted by Gasteiger charge is 2.20. The lowest BCUT2D eigenvalue weighted by Gasteiger charge is -2.28. The van der Waals surface area contributed by atoms with E-state index in [-0.39, 0.29) is 0 Å². The van der Waals surface area contributed by atoms with Gasteiger partial charge in [0.1, 0.15) is 5.82 Å². The predicted octanol–water partition coefficient (Wildman–Crippen LogP) is 3.32. The minimum Gasteiger partial charge on any atom is -0.370 e. The molecule has 1 aromatic heterocycles. The van der Waals surface area contributed by atoms with Gasteiger partial charge in [-0.3, -0.25) is 0 Å². The van der Waals surface area contributed by atoms with Crippen LogP contribution >= 0.6 is 0 Å². The fourth-order valence-corrected chi connectivity index (χ4v) is 2.40. The molecular formula is C13H20N2. The van der Waals surface area contributed by atoms with E-state index in [1.165, 1.54) is 25.7 Å². The monoisotopic (exact) mass is 204 g/mol. The molecule has 0 bridgehead atoms. The molecule has 0 spiro atoms. The molecular weight excluding hydrogens is 184 g/mol. The van der Waals surface area contributed by atoms with Crippen LogP contribution in [0.5, 0.6) is 0 Å². The van der Waals surface area contributed by atoms with Gasteiger partial charge in [0.2, 0.25) is 0 Å². The predicted molar refractivity (Wildman–Crippen MR) is 63.8 cm³/mol. The van der Waals surface area contributed by atoms with Crippen LogP contribution in [-0.4, -0.2) is 11.5 Å². The summed E-state index contributed by atoms with van der Waals surface area (Å²) in [5.74, 6) is 2.71. The van der Waals surface area contributed by atoms with E-state index in [0.717, 1.165) is 24.2 Å². The van der Waals surface area contributed by atoms with E-state index < -0.39 is 0 Å². The highest BCUT2D eigenvalue weighted by Crippen LogP contribution is 2.29. The smallest absolute Gasteiger partial charge is 0.125 e. The van der Waals surface area contributed by atoms with Gasteiger partial charge < -0.3 is 5.32 Å². The van der Waals surface area contributed by atoms with Crippen molar-refractivity contribution >= 4 is 5.82 Å². The van der Waals surface area contributed by atoms with Crippen LogP contribution in [-0.2, 0) is 0 Å². The van der Waals surface area contributed by atoms with Crippen molar-refractivity contribution in [2.24, 2.45) is 11.8 Å². The lowest BCUT2D eigenvalue weighted by molar-refractivity contribution is 0.268. The SMILES string of the molecule is CC1CCCCC1CNc1ccccn1. The first-order valence-electron chi connectivity index (χ1n) is 6.01. The number of anilines is 1. The molecule has 2 unspecified atom stereocenters. The summed E-state index contributed by atoms with van der Waals surface area (Å²) in [6, 6.07) is 6.02. The Morgan fingerprint density at radius 2 is 2.20 bits per heavy atom. The van der Waals surface area contributed by atoms with Gasteiger partial charge in [0.25, 0.3) is 0 Å². The van der Waals surface area contributed by atoms with Crippen LogP contribution in [0, 0.1) is 11.8 Å². The van der Waals surface area contributed by atoms with Crippen molar-refractivity contribution in [1.82, 2.24) is 4.98 Å². The number of rotatable bonds is 3. The third kappa shape index (κ3) is 2.95. The van der Waals surface area contributed by atoms with Gasteiger partial charge in [0.15, 0.2) is 0 Å². The summed E-state index contributed by atoms with van der Waals surface area (Å²) in [6.07, 6.45) is 7.43. The Kier molecular flexibility index (Phi) is 3.59. The van der Waals surface area contributed by atoms with Crippen molar-refractivity contribution in [3.63, 3.8) is 0 Å². The molecule has 1 aliphatic carbocycles. The molecule has 2 rings (SSSR count). The number of pyridine rings is 1. The minimum atomic E-state index is 0.834. The average Bonchev–Trinajstić information content (AvgIpc) is 2.29. The molecule has 15 heavy (non-hydrogen) atoms. The van der Waals surface area contributed by atoms with Gasteiger partial charge in [-0.1, -0.05) is 32.3 Å². The molecule has 82 valence electrons. The first-order chi connectivity index (χ1) is 7.36. The van der Waals surface area contributed by atoms with Crippen molar-refractivity contribution < 1.29 is 0 Å². The van der Waals surface area contributed by atoms with E-state index in [0.29, 0.717) is 0 Å². The van der Waals surface area contributed by atoms with Gasteiger partial charge in [-0.25, -0.2) is 4.98 Å². The minimum absolute atomic E-state index is 0.834. The molecule has 2 heteroatoms. The van der Waals surface area contributed by atoms with Gasteiger partial charge in [-0.2, -0.15) is 0 Å². The number of hydrogen-bond donors (Lipinski definition) is 1. The largest absolute Gasteiger partial charge is 0.370 e. The summed E-state index contributed by atoms with van der Waals surface area (Å²) in [5.41, 5.74) is 0. The third-order valence-electron chi connectivity index (χ3n) is 3.50. The zero-order valence-corrected chi connectivity index (χ0v) is 9.45. The van der Waals surface area contributed by atoms with E-state index in [4.69, 9.17) is 0 Å². The Labute approximate surface area is 92.1 Å². The Hall–Kier alpha value is -1.05. The Morgan fingerprint density at radius 3 is 2.93 bits per heavy atom. The fourth-order valence-electron chi connectivity index (χ4n) is 2.40. The van der Waals surface area contributed by atoms with E-state index in [9.17, 15) is 0 Å². The summed E-state index contributed by atoms with van der Waals surface area (Å²) >= 11 is 0. The van der Waals surface area contributed by atoms with Crippen molar-refractivity contribution in [3.05, 3.63) is 24.4 Å². The van der Waals surface area contributed by atoms with Crippen LogP contribution < -0.4 is 5.32 Å². The molecule has 2 atom stereocenters. The number of nitrogens with zero attached hydrogens (tertiary/aromatic N) is 1. The molecule has 0 aliphatic heterocycles. The first-order valence-corrected chi connectivity index (χ1v) is 6.01. The number of aromatic nitrogens is 1. The first kappa shape index (κ1) is 10.5. The standard InChI is InChI=1S/C13H20N2/c1-11-6-2-3-7-12(11)10-15-13-8-4-5-9-14-13/h4-5,8-9,11-12H,2-3,6-7,10H2,1H3,(H,14,15). The van der Waals surface area contributed by atoms with E-state index in [1.54, 1.807) is 0 Å². The molecule has 0 aromatic carbocycles. The Bertz CT molecular complexity index is 284. The highest BCUT2D eigenvalue weighted by molar-refractivity contribution is 5.33. The van der Waals surface area contributed by atoms with Crippen molar-refractivity contribution in [3.8, 4) is 0 Å². The molecule has 1 saturated carbocycles. The Balaban J connectivity index is 1.82. The molecule has 1 aromatic rings. The second-order valence-electron chi connectivity index (χ2n) is 4.62. The highest BCUT2D eigenvalue weighted by atomic mass is 15.0. The lowest BCUT2D eigenvalue weighted by atomic mass is 9.80. The molecule has 0 radical (unpaired) electrons. The molecule has 1 N–H and O–H groups in total. The van der Waals surface area contributed by atoms with E-state index in [2.05, 4.69) is 17.2 Å². The topological polar surface area (TPSA) is 24.9 Å². The van der Waals surface area contributed by atoms with Gasteiger partial charge in [-0.15, -0.1) is 0 Å². The fraction of sp³-hybridized carbons (Fsp3) is 0.615. The van der Waals surface area contributed by atoms with Crippen LogP contribution in [0.3, 0.4) is 0 Å². The quantitative estimate of drug-likeness (QED) is 0.817. The molecule has 0 saturated heterocycles. The second kappa shape index (κ2) is 5.15. The van der Waals surface area contributed by atoms with Gasteiger partial charge in [0, 0.05) is 12.7 Å². The summed E-state index contributed by atoms with van der Waals surface area (Å²) in [7, 11) is 0. The van der Waals surface area contributed by atoms with Crippen LogP contribution in [0.1, 0.15) is 32.6 Å². The molecule has 1 aliphatic rings. The molecule has 1 fully saturated rings. The van der Waals surface area contributed by atoms with Gasteiger partial charge >= 0.3 is 0 Å². The second-order valence-corrected chi connectivity index (χ2v) is 4.62. The van der Waals surface area contributed by atoms with E-state index in [1.807, 2.05) is 24.4 Å². The molecule has 1 heterocycles. The average molecular weight is 204 g/mol. The van der Waals surface area contributed by atoms with Crippen molar-refractivity contribution in [1.29, 1.82) is 0 Å². The van der Waals surface area contributed by atoms with Crippen LogP contribution in [0.25, 0.3) is 0 Å².